The standard InChI is InChI=1S/C25H37F2N5O5/c1-10-17-18(26)12-11-16(19(17)27)13-32(23(35)37-25(5,6)7)20(28-21(33)36-24(2,3)4)31-14-29(8)22(34)30(9)15-31/h11-12H,10,13-15H2,1-9H3. The molecule has 0 spiro atoms. The van der Waals surface area contributed by atoms with Crippen molar-refractivity contribution < 1.29 is 32.6 Å². The molecule has 1 fully saturated rings. The highest BCUT2D eigenvalue weighted by atomic mass is 19.1. The summed E-state index contributed by atoms with van der Waals surface area (Å²) in [4.78, 5) is 47.8. The largest absolute Gasteiger partial charge is 0.443 e. The number of guanidine groups is 1. The number of carbonyl (C=O) groups is 3. The molecule has 0 aromatic heterocycles. The Hall–Kier alpha value is -3.44. The molecule has 1 aromatic rings. The molecule has 37 heavy (non-hydrogen) atoms. The number of ether oxygens (including phenoxy) is 2. The van der Waals surface area contributed by atoms with E-state index in [0.717, 1.165) is 11.0 Å². The van der Waals surface area contributed by atoms with E-state index in [4.69, 9.17) is 9.47 Å². The summed E-state index contributed by atoms with van der Waals surface area (Å²) in [5.74, 6) is -1.72. The van der Waals surface area contributed by atoms with Gasteiger partial charge in [0.1, 0.15) is 22.8 Å². The van der Waals surface area contributed by atoms with Crippen LogP contribution in [0.25, 0.3) is 0 Å². The Morgan fingerprint density at radius 2 is 1.54 bits per heavy atom. The summed E-state index contributed by atoms with van der Waals surface area (Å²) in [6.07, 6.45) is -1.81. The second-order valence-corrected chi connectivity index (χ2v) is 10.8. The van der Waals surface area contributed by atoms with Gasteiger partial charge in [-0.15, -0.1) is 4.99 Å². The summed E-state index contributed by atoms with van der Waals surface area (Å²) in [6.45, 7) is 11.1. The van der Waals surface area contributed by atoms with Crippen LogP contribution in [-0.2, 0) is 22.4 Å². The Morgan fingerprint density at radius 1 is 1.00 bits per heavy atom. The van der Waals surface area contributed by atoms with Crippen molar-refractivity contribution in [1.82, 2.24) is 19.6 Å². The van der Waals surface area contributed by atoms with Crippen LogP contribution in [0.3, 0.4) is 0 Å². The summed E-state index contributed by atoms with van der Waals surface area (Å²) in [6, 6.07) is 2.06. The number of aliphatic imine (C=N–C) groups is 1. The Morgan fingerprint density at radius 3 is 2.03 bits per heavy atom. The van der Waals surface area contributed by atoms with Crippen molar-refractivity contribution in [2.45, 2.75) is 72.6 Å². The van der Waals surface area contributed by atoms with Gasteiger partial charge in [-0.25, -0.2) is 28.1 Å². The predicted molar refractivity (Wildman–Crippen MR) is 134 cm³/mol. The van der Waals surface area contributed by atoms with Crippen molar-refractivity contribution in [2.75, 3.05) is 27.4 Å². The molecule has 10 nitrogen and oxygen atoms in total. The molecule has 0 N–H and O–H groups in total. The molecule has 4 amide bonds. The monoisotopic (exact) mass is 525 g/mol. The molecular formula is C25H37F2N5O5. The van der Waals surface area contributed by atoms with Gasteiger partial charge in [0.15, 0.2) is 0 Å². The Kier molecular flexibility index (Phi) is 9.10. The lowest BCUT2D eigenvalue weighted by molar-refractivity contribution is 0.0299. The number of benzene rings is 1. The van der Waals surface area contributed by atoms with E-state index in [1.54, 1.807) is 62.6 Å². The van der Waals surface area contributed by atoms with Crippen LogP contribution in [0.4, 0.5) is 23.2 Å². The van der Waals surface area contributed by atoms with E-state index in [-0.39, 0.29) is 42.9 Å². The molecule has 2 rings (SSSR count). The zero-order chi connectivity index (χ0) is 28.3. The maximum atomic E-state index is 15.2. The van der Waals surface area contributed by atoms with Crippen molar-refractivity contribution >= 4 is 24.2 Å². The summed E-state index contributed by atoms with van der Waals surface area (Å²) in [5.41, 5.74) is -1.95. The Labute approximate surface area is 216 Å². The number of halogens is 2. The molecule has 0 radical (unpaired) electrons. The zero-order valence-corrected chi connectivity index (χ0v) is 23.0. The first-order chi connectivity index (χ1) is 16.9. The molecule has 0 unspecified atom stereocenters. The van der Waals surface area contributed by atoms with Crippen molar-refractivity contribution in [3.63, 3.8) is 0 Å². The SMILES string of the molecule is CCc1c(F)ccc(CN(C(=O)OC(C)(C)C)C(=NC(=O)OC(C)(C)C)N2CN(C)C(=O)N(C)C2)c1F. The van der Waals surface area contributed by atoms with Crippen molar-refractivity contribution in [2.24, 2.45) is 4.99 Å². The predicted octanol–water partition coefficient (Wildman–Crippen LogP) is 4.77. The minimum Gasteiger partial charge on any atom is -0.443 e. The highest BCUT2D eigenvalue weighted by Gasteiger charge is 2.36. The van der Waals surface area contributed by atoms with Crippen LogP contribution in [-0.4, -0.2) is 82.4 Å². The van der Waals surface area contributed by atoms with Crippen LogP contribution in [0.5, 0.6) is 0 Å². The van der Waals surface area contributed by atoms with Gasteiger partial charge >= 0.3 is 18.2 Å². The highest BCUT2D eigenvalue weighted by Crippen LogP contribution is 2.23. The number of rotatable bonds is 3. The fourth-order valence-electron chi connectivity index (χ4n) is 3.56. The molecule has 1 saturated heterocycles. The van der Waals surface area contributed by atoms with Gasteiger partial charge < -0.3 is 24.2 Å². The molecule has 1 aliphatic heterocycles. The van der Waals surface area contributed by atoms with E-state index in [0.29, 0.717) is 0 Å². The van der Waals surface area contributed by atoms with E-state index >= 15 is 4.39 Å². The lowest BCUT2D eigenvalue weighted by atomic mass is 10.1. The van der Waals surface area contributed by atoms with Gasteiger partial charge in [-0.3, -0.25) is 0 Å². The third-order valence-corrected chi connectivity index (χ3v) is 5.09. The summed E-state index contributed by atoms with van der Waals surface area (Å²) in [7, 11) is 3.09. The molecule has 1 heterocycles. The number of nitrogens with zero attached hydrogens (tertiary/aromatic N) is 5. The highest BCUT2D eigenvalue weighted by molar-refractivity contribution is 5.99. The average Bonchev–Trinajstić information content (AvgIpc) is 2.73. The number of urea groups is 1. The first kappa shape index (κ1) is 29.8. The number of carbonyl (C=O) groups excluding carboxylic acids is 3. The second-order valence-electron chi connectivity index (χ2n) is 10.8. The first-order valence-corrected chi connectivity index (χ1v) is 11.9. The van der Waals surface area contributed by atoms with Gasteiger partial charge in [-0.2, -0.15) is 0 Å². The molecule has 0 bridgehead atoms. The summed E-state index contributed by atoms with van der Waals surface area (Å²) >= 11 is 0. The van der Waals surface area contributed by atoms with Crippen LogP contribution >= 0.6 is 0 Å². The number of amides is 4. The van der Waals surface area contributed by atoms with Gasteiger partial charge in [0.2, 0.25) is 5.96 Å². The number of hydrogen-bond donors (Lipinski definition) is 0. The van der Waals surface area contributed by atoms with E-state index in [9.17, 15) is 18.8 Å². The van der Waals surface area contributed by atoms with Gasteiger partial charge in [-0.05, 0) is 54.0 Å². The first-order valence-electron chi connectivity index (χ1n) is 11.9. The smallest absolute Gasteiger partial charge is 0.437 e. The molecule has 12 heteroatoms. The topological polar surface area (TPSA) is 95.0 Å². The van der Waals surface area contributed by atoms with Gasteiger partial charge in [0, 0.05) is 25.2 Å². The maximum Gasteiger partial charge on any atom is 0.437 e. The fraction of sp³-hybridized carbons (Fsp3) is 0.600. The Balaban J connectivity index is 2.66. The van der Waals surface area contributed by atoms with Gasteiger partial charge in [-0.1, -0.05) is 13.0 Å². The third-order valence-electron chi connectivity index (χ3n) is 5.09. The van der Waals surface area contributed by atoms with Crippen molar-refractivity contribution in [3.8, 4) is 0 Å². The van der Waals surface area contributed by atoms with Crippen LogP contribution < -0.4 is 0 Å². The quantitative estimate of drug-likeness (QED) is 0.417. The molecule has 1 aromatic carbocycles. The van der Waals surface area contributed by atoms with Crippen LogP contribution in [0.15, 0.2) is 17.1 Å². The second kappa shape index (κ2) is 11.3. The van der Waals surface area contributed by atoms with Gasteiger partial charge in [0.05, 0.1) is 19.9 Å². The van der Waals surface area contributed by atoms with E-state index in [1.165, 1.54) is 20.8 Å². The minimum atomic E-state index is -0.993. The van der Waals surface area contributed by atoms with E-state index in [2.05, 4.69) is 4.99 Å². The summed E-state index contributed by atoms with van der Waals surface area (Å²) < 4.78 is 40.3. The molecule has 206 valence electrons. The molecular weight excluding hydrogens is 488 g/mol. The van der Waals surface area contributed by atoms with Gasteiger partial charge in [0.25, 0.3) is 0 Å². The van der Waals surface area contributed by atoms with Crippen LogP contribution in [0.1, 0.15) is 59.6 Å². The lowest BCUT2D eigenvalue weighted by Gasteiger charge is -2.42. The molecule has 0 saturated carbocycles. The fourth-order valence-corrected chi connectivity index (χ4v) is 3.56. The zero-order valence-electron chi connectivity index (χ0n) is 23.0. The molecule has 0 aliphatic carbocycles. The minimum absolute atomic E-state index is 0.00390. The normalized spacial score (nSPS) is 15.2. The van der Waals surface area contributed by atoms with Crippen LogP contribution in [0.2, 0.25) is 0 Å². The maximum absolute atomic E-state index is 15.2. The van der Waals surface area contributed by atoms with Crippen LogP contribution in [0, 0.1) is 11.6 Å². The van der Waals surface area contributed by atoms with E-state index in [1.807, 2.05) is 0 Å². The van der Waals surface area contributed by atoms with Crippen molar-refractivity contribution in [1.29, 1.82) is 0 Å². The van der Waals surface area contributed by atoms with Crippen molar-refractivity contribution in [3.05, 3.63) is 34.9 Å². The third kappa shape index (κ3) is 8.02. The Bertz CT molecular complexity index is 1050. The lowest BCUT2D eigenvalue weighted by Crippen LogP contribution is -2.60. The summed E-state index contributed by atoms with van der Waals surface area (Å²) in [5, 5.41) is 0. The number of hydrogen-bond acceptors (Lipinski definition) is 5. The molecule has 0 atom stereocenters. The van der Waals surface area contributed by atoms with E-state index < -0.39 is 41.6 Å². The molecule has 1 aliphatic rings. The average molecular weight is 526 g/mol.